The molecular formula is C21H28N4. The Kier molecular flexibility index (Phi) is 4.51. The molecule has 0 spiro atoms. The van der Waals surface area contributed by atoms with Crippen molar-refractivity contribution in [3.8, 4) is 0 Å². The lowest BCUT2D eigenvalue weighted by atomic mass is 10.1. The molecule has 1 fully saturated rings. The maximum Gasteiger partial charge on any atom is 0.128 e. The van der Waals surface area contributed by atoms with E-state index >= 15 is 0 Å². The summed E-state index contributed by atoms with van der Waals surface area (Å²) in [4.78, 5) is 12.0. The lowest BCUT2D eigenvalue weighted by molar-refractivity contribution is 0.570. The van der Waals surface area contributed by atoms with Gasteiger partial charge in [0.1, 0.15) is 5.82 Å². The molecule has 2 aromatic rings. The summed E-state index contributed by atoms with van der Waals surface area (Å²) in [7, 11) is 2.20. The number of hydrogen-bond acceptors (Lipinski definition) is 4. The number of rotatable bonds is 3. The number of fused-ring (bicyclic) bond motifs is 1. The van der Waals surface area contributed by atoms with Gasteiger partial charge in [0.2, 0.25) is 0 Å². The molecule has 0 aliphatic carbocycles. The molecule has 4 heteroatoms. The average molecular weight is 336 g/mol. The van der Waals surface area contributed by atoms with Crippen LogP contribution in [0.1, 0.15) is 25.3 Å². The predicted molar refractivity (Wildman–Crippen MR) is 106 cm³/mol. The molecule has 25 heavy (non-hydrogen) atoms. The number of benzene rings is 1. The van der Waals surface area contributed by atoms with E-state index in [1.54, 1.807) is 0 Å². The van der Waals surface area contributed by atoms with E-state index in [-0.39, 0.29) is 0 Å². The fourth-order valence-electron chi connectivity index (χ4n) is 4.17. The predicted octanol–water partition coefficient (Wildman–Crippen LogP) is 3.77. The molecule has 4 nitrogen and oxygen atoms in total. The van der Waals surface area contributed by atoms with E-state index in [4.69, 9.17) is 4.98 Å². The third-order valence-corrected chi connectivity index (χ3v) is 5.36. The number of hydrogen-bond donors (Lipinski definition) is 0. The zero-order chi connectivity index (χ0) is 17.2. The van der Waals surface area contributed by atoms with Crippen molar-refractivity contribution in [3.63, 3.8) is 0 Å². The summed E-state index contributed by atoms with van der Waals surface area (Å²) in [5.74, 6) is 1.76. The molecule has 0 unspecified atom stereocenters. The van der Waals surface area contributed by atoms with Crippen LogP contribution in [0, 0.1) is 5.92 Å². The Bertz CT molecular complexity index is 706. The summed E-state index contributed by atoms with van der Waals surface area (Å²) in [6.07, 6.45) is 4.65. The molecule has 1 aromatic carbocycles. The Morgan fingerprint density at radius 3 is 2.48 bits per heavy atom. The summed E-state index contributed by atoms with van der Waals surface area (Å²) in [5.41, 5.74) is 3.95. The van der Waals surface area contributed by atoms with Gasteiger partial charge in [-0.25, -0.2) is 4.98 Å². The molecule has 0 bridgehead atoms. The Morgan fingerprint density at radius 1 is 1.00 bits per heavy atom. The van der Waals surface area contributed by atoms with Crippen LogP contribution in [0.2, 0.25) is 0 Å². The van der Waals surface area contributed by atoms with Gasteiger partial charge in [0.25, 0.3) is 0 Å². The van der Waals surface area contributed by atoms with Crippen LogP contribution < -0.4 is 14.7 Å². The smallest absolute Gasteiger partial charge is 0.128 e. The second-order valence-corrected chi connectivity index (χ2v) is 7.57. The van der Waals surface area contributed by atoms with Crippen LogP contribution >= 0.6 is 0 Å². The fraction of sp³-hybridized carbons (Fsp3) is 0.476. The van der Waals surface area contributed by atoms with Gasteiger partial charge < -0.3 is 14.7 Å². The van der Waals surface area contributed by atoms with Gasteiger partial charge in [-0.05, 0) is 42.5 Å². The van der Waals surface area contributed by atoms with Crippen LogP contribution in [0.3, 0.4) is 0 Å². The Balaban J connectivity index is 1.55. The third-order valence-electron chi connectivity index (χ3n) is 5.36. The second-order valence-electron chi connectivity index (χ2n) is 7.57. The van der Waals surface area contributed by atoms with Crippen LogP contribution in [0.5, 0.6) is 0 Å². The number of para-hydroxylation sites is 2. The zero-order valence-corrected chi connectivity index (χ0v) is 15.4. The molecular weight excluding hydrogens is 308 g/mol. The van der Waals surface area contributed by atoms with E-state index < -0.39 is 0 Å². The molecule has 0 amide bonds. The molecule has 1 saturated heterocycles. The van der Waals surface area contributed by atoms with Crippen LogP contribution in [0.4, 0.5) is 17.2 Å². The largest absolute Gasteiger partial charge is 0.373 e. The van der Waals surface area contributed by atoms with Crippen molar-refractivity contribution in [1.82, 2.24) is 4.98 Å². The third kappa shape index (κ3) is 3.44. The van der Waals surface area contributed by atoms with E-state index in [0.717, 1.165) is 38.5 Å². The first-order valence-electron chi connectivity index (χ1n) is 9.46. The highest BCUT2D eigenvalue weighted by atomic mass is 15.2. The first kappa shape index (κ1) is 16.2. The Morgan fingerprint density at radius 2 is 1.76 bits per heavy atom. The van der Waals surface area contributed by atoms with Gasteiger partial charge in [-0.15, -0.1) is 0 Å². The number of aromatic nitrogens is 1. The van der Waals surface area contributed by atoms with Crippen LogP contribution in [-0.4, -0.2) is 38.2 Å². The monoisotopic (exact) mass is 336 g/mol. The van der Waals surface area contributed by atoms with Gasteiger partial charge in [0.15, 0.2) is 0 Å². The van der Waals surface area contributed by atoms with E-state index in [2.05, 4.69) is 71.3 Å². The first-order valence-corrected chi connectivity index (χ1v) is 9.46. The average Bonchev–Trinajstić information content (AvgIpc) is 3.12. The van der Waals surface area contributed by atoms with Gasteiger partial charge in [-0.1, -0.05) is 25.1 Å². The molecule has 132 valence electrons. The lowest BCUT2D eigenvalue weighted by Crippen LogP contribution is -2.29. The second kappa shape index (κ2) is 6.95. The highest BCUT2D eigenvalue weighted by molar-refractivity contribution is 5.72. The van der Waals surface area contributed by atoms with E-state index in [1.807, 2.05) is 0 Å². The van der Waals surface area contributed by atoms with Crippen molar-refractivity contribution in [2.24, 2.45) is 5.92 Å². The van der Waals surface area contributed by atoms with Crippen molar-refractivity contribution in [2.45, 2.75) is 26.3 Å². The molecule has 0 radical (unpaired) electrons. The summed E-state index contributed by atoms with van der Waals surface area (Å²) in [5, 5.41) is 0. The molecule has 2 aliphatic heterocycles. The lowest BCUT2D eigenvalue weighted by Gasteiger charge is -2.26. The maximum atomic E-state index is 4.73. The van der Waals surface area contributed by atoms with Crippen LogP contribution in [0.15, 0.2) is 42.6 Å². The van der Waals surface area contributed by atoms with Gasteiger partial charge in [-0.3, -0.25) is 0 Å². The van der Waals surface area contributed by atoms with E-state index in [0.29, 0.717) is 5.92 Å². The minimum absolute atomic E-state index is 0.634. The van der Waals surface area contributed by atoms with E-state index in [1.165, 1.54) is 29.8 Å². The molecule has 2 aliphatic rings. The van der Waals surface area contributed by atoms with Crippen molar-refractivity contribution in [1.29, 1.82) is 0 Å². The quantitative estimate of drug-likeness (QED) is 0.851. The normalized spacial score (nSPS) is 20.6. The maximum absolute atomic E-state index is 4.73. The highest BCUT2D eigenvalue weighted by Gasteiger charge is 2.22. The minimum atomic E-state index is 0.634. The molecule has 0 saturated carbocycles. The topological polar surface area (TPSA) is 22.6 Å². The summed E-state index contributed by atoms with van der Waals surface area (Å²) in [6, 6.07) is 13.2. The van der Waals surface area contributed by atoms with Crippen molar-refractivity contribution >= 4 is 17.2 Å². The van der Waals surface area contributed by atoms with Gasteiger partial charge in [0.05, 0.1) is 11.4 Å². The summed E-state index contributed by atoms with van der Waals surface area (Å²) < 4.78 is 0. The zero-order valence-electron chi connectivity index (χ0n) is 15.4. The summed E-state index contributed by atoms with van der Waals surface area (Å²) in [6.45, 7) is 7.73. The van der Waals surface area contributed by atoms with E-state index in [9.17, 15) is 0 Å². The molecule has 3 heterocycles. The van der Waals surface area contributed by atoms with Gasteiger partial charge in [0, 0.05) is 46.0 Å². The molecule has 4 rings (SSSR count). The highest BCUT2D eigenvalue weighted by Crippen LogP contribution is 2.33. The minimum Gasteiger partial charge on any atom is -0.373 e. The van der Waals surface area contributed by atoms with Crippen LogP contribution in [-0.2, 0) is 6.54 Å². The molecule has 0 N–H and O–H groups in total. The number of nitrogens with zero attached hydrogens (tertiary/aromatic N) is 4. The molecule has 1 atom stereocenters. The van der Waals surface area contributed by atoms with Crippen molar-refractivity contribution in [2.75, 3.05) is 47.9 Å². The van der Waals surface area contributed by atoms with Crippen molar-refractivity contribution < 1.29 is 0 Å². The number of pyridine rings is 1. The van der Waals surface area contributed by atoms with Crippen molar-refractivity contribution in [3.05, 3.63) is 48.2 Å². The standard InChI is InChI=1S/C21H28N4/c1-17-14-23(2)19-7-3-4-8-20(19)25(15-17)16-18-9-10-21(22-13-18)24-11-5-6-12-24/h3-4,7-10,13,17H,5-6,11-12,14-16H2,1-2H3/t17-/m1/s1. The number of anilines is 3. The fourth-order valence-corrected chi connectivity index (χ4v) is 4.17. The van der Waals surface area contributed by atoms with Crippen LogP contribution in [0.25, 0.3) is 0 Å². The Hall–Kier alpha value is -2.23. The molecule has 1 aromatic heterocycles. The van der Waals surface area contributed by atoms with Gasteiger partial charge >= 0.3 is 0 Å². The van der Waals surface area contributed by atoms with Gasteiger partial charge in [-0.2, -0.15) is 0 Å². The summed E-state index contributed by atoms with van der Waals surface area (Å²) >= 11 is 0. The SMILES string of the molecule is C[C@@H]1CN(C)c2ccccc2N(Cc2ccc(N3CCCC3)nc2)C1. The Labute approximate surface area is 151 Å². The first-order chi connectivity index (χ1) is 12.2.